The van der Waals surface area contributed by atoms with Gasteiger partial charge in [0.15, 0.2) is 0 Å². The summed E-state index contributed by atoms with van der Waals surface area (Å²) in [6.07, 6.45) is 4.16. The maximum atomic E-state index is 13.1. The van der Waals surface area contributed by atoms with Crippen LogP contribution in [0.2, 0.25) is 0 Å². The number of fused-ring (bicyclic) bond motifs is 3. The summed E-state index contributed by atoms with van der Waals surface area (Å²) in [6.45, 7) is 4.94. The van der Waals surface area contributed by atoms with E-state index in [-0.39, 0.29) is 5.56 Å². The second kappa shape index (κ2) is 6.17. The molecule has 124 valence electrons. The Balaban J connectivity index is 1.75. The van der Waals surface area contributed by atoms with Gasteiger partial charge in [0.2, 0.25) is 0 Å². The summed E-state index contributed by atoms with van der Waals surface area (Å²) in [5.41, 5.74) is 2.68. The third-order valence-electron chi connectivity index (χ3n) is 5.07. The van der Waals surface area contributed by atoms with E-state index in [1.54, 1.807) is 11.3 Å². The van der Waals surface area contributed by atoms with Gasteiger partial charge in [-0.25, -0.2) is 4.98 Å². The number of nitrogens with zero attached hydrogens (tertiary/aromatic N) is 2. The minimum absolute atomic E-state index is 0.153. The SMILES string of the molecule is Cc1nc2sc3c(c2c(=O)n1CCc1ccccc1)CCC(C)C3. The molecule has 0 saturated heterocycles. The number of thiophene rings is 1. The van der Waals surface area contributed by atoms with Gasteiger partial charge in [0, 0.05) is 11.4 Å². The molecule has 0 amide bonds. The van der Waals surface area contributed by atoms with Gasteiger partial charge in [0.1, 0.15) is 10.7 Å². The van der Waals surface area contributed by atoms with Crippen molar-refractivity contribution in [3.05, 3.63) is 62.5 Å². The topological polar surface area (TPSA) is 34.9 Å². The lowest BCUT2D eigenvalue weighted by Crippen LogP contribution is -2.25. The number of aryl methyl sites for hydroxylation is 3. The molecule has 3 aromatic rings. The van der Waals surface area contributed by atoms with E-state index in [2.05, 4.69) is 19.1 Å². The molecule has 0 fully saturated rings. The van der Waals surface area contributed by atoms with E-state index in [0.29, 0.717) is 12.5 Å². The number of hydrogen-bond donors (Lipinski definition) is 0. The summed E-state index contributed by atoms with van der Waals surface area (Å²) in [4.78, 5) is 20.2. The Labute approximate surface area is 146 Å². The molecule has 24 heavy (non-hydrogen) atoms. The highest BCUT2D eigenvalue weighted by molar-refractivity contribution is 7.18. The van der Waals surface area contributed by atoms with Crippen LogP contribution in [0.25, 0.3) is 10.2 Å². The van der Waals surface area contributed by atoms with Crippen LogP contribution in [0.15, 0.2) is 35.1 Å². The van der Waals surface area contributed by atoms with Crippen LogP contribution in [-0.2, 0) is 25.8 Å². The average molecular weight is 338 g/mol. The van der Waals surface area contributed by atoms with Crippen LogP contribution in [0.5, 0.6) is 0 Å². The molecule has 1 atom stereocenters. The second-order valence-electron chi connectivity index (χ2n) is 6.88. The summed E-state index contributed by atoms with van der Waals surface area (Å²) in [5, 5.41) is 0.889. The molecule has 0 radical (unpaired) electrons. The standard InChI is InChI=1S/C20H22N2OS/c1-13-8-9-16-17(12-13)24-19-18(16)20(23)22(14(2)21-19)11-10-15-6-4-3-5-7-15/h3-7,13H,8-12H2,1-2H3. The molecular weight excluding hydrogens is 316 g/mol. The molecule has 1 aromatic carbocycles. The molecule has 1 unspecified atom stereocenters. The zero-order chi connectivity index (χ0) is 16.7. The van der Waals surface area contributed by atoms with Gasteiger partial charge in [-0.15, -0.1) is 11.3 Å². The first-order chi connectivity index (χ1) is 11.6. The predicted molar refractivity (Wildman–Crippen MR) is 100.0 cm³/mol. The van der Waals surface area contributed by atoms with Gasteiger partial charge in [-0.1, -0.05) is 37.3 Å². The van der Waals surface area contributed by atoms with Crippen molar-refractivity contribution >= 4 is 21.6 Å². The van der Waals surface area contributed by atoms with Crippen LogP contribution in [0.4, 0.5) is 0 Å². The Morgan fingerprint density at radius 1 is 1.29 bits per heavy atom. The van der Waals surface area contributed by atoms with Crippen LogP contribution in [0.1, 0.15) is 35.2 Å². The normalized spacial score (nSPS) is 17.2. The molecule has 4 heteroatoms. The van der Waals surface area contributed by atoms with Crippen molar-refractivity contribution in [1.29, 1.82) is 0 Å². The highest BCUT2D eigenvalue weighted by atomic mass is 32.1. The van der Waals surface area contributed by atoms with Gasteiger partial charge < -0.3 is 0 Å². The summed E-state index contributed by atoms with van der Waals surface area (Å²) in [6, 6.07) is 10.3. The van der Waals surface area contributed by atoms with E-state index < -0.39 is 0 Å². The van der Waals surface area contributed by atoms with Gasteiger partial charge in [-0.05, 0) is 49.7 Å². The molecule has 0 aliphatic heterocycles. The van der Waals surface area contributed by atoms with E-state index in [1.165, 1.54) is 22.4 Å². The lowest BCUT2D eigenvalue weighted by atomic mass is 9.89. The maximum absolute atomic E-state index is 13.1. The van der Waals surface area contributed by atoms with Gasteiger partial charge in [-0.3, -0.25) is 9.36 Å². The lowest BCUT2D eigenvalue weighted by molar-refractivity contribution is 0.509. The molecule has 3 nitrogen and oxygen atoms in total. The zero-order valence-corrected chi connectivity index (χ0v) is 15.0. The fourth-order valence-electron chi connectivity index (χ4n) is 3.67. The summed E-state index contributed by atoms with van der Waals surface area (Å²) < 4.78 is 1.86. The number of rotatable bonds is 3. The Bertz CT molecular complexity index is 940. The minimum atomic E-state index is 0.153. The van der Waals surface area contributed by atoms with Crippen LogP contribution in [0, 0.1) is 12.8 Å². The van der Waals surface area contributed by atoms with E-state index >= 15 is 0 Å². The van der Waals surface area contributed by atoms with Crippen LogP contribution >= 0.6 is 11.3 Å². The highest BCUT2D eigenvalue weighted by Gasteiger charge is 2.23. The molecule has 2 aromatic heterocycles. The number of hydrogen-bond acceptors (Lipinski definition) is 3. The molecule has 2 heterocycles. The van der Waals surface area contributed by atoms with E-state index in [9.17, 15) is 4.79 Å². The van der Waals surface area contributed by atoms with E-state index in [1.807, 2.05) is 29.7 Å². The van der Waals surface area contributed by atoms with Crippen molar-refractivity contribution in [2.75, 3.05) is 0 Å². The van der Waals surface area contributed by atoms with E-state index in [0.717, 1.165) is 35.3 Å². The molecule has 4 rings (SSSR count). The molecule has 0 N–H and O–H groups in total. The lowest BCUT2D eigenvalue weighted by Gasteiger charge is -2.17. The van der Waals surface area contributed by atoms with Gasteiger partial charge in [0.25, 0.3) is 5.56 Å². The third-order valence-corrected chi connectivity index (χ3v) is 6.22. The fraction of sp³-hybridized carbons (Fsp3) is 0.400. The van der Waals surface area contributed by atoms with Crippen molar-refractivity contribution in [2.45, 2.75) is 46.1 Å². The molecule has 1 aliphatic carbocycles. The van der Waals surface area contributed by atoms with Crippen LogP contribution in [0.3, 0.4) is 0 Å². The van der Waals surface area contributed by atoms with E-state index in [4.69, 9.17) is 4.98 Å². The highest BCUT2D eigenvalue weighted by Crippen LogP contribution is 2.35. The molecule has 1 aliphatic rings. The third kappa shape index (κ3) is 2.69. The largest absolute Gasteiger partial charge is 0.296 e. The predicted octanol–water partition coefficient (Wildman–Crippen LogP) is 4.13. The van der Waals surface area contributed by atoms with Crippen molar-refractivity contribution < 1.29 is 0 Å². The molecular formula is C20H22N2OS. The van der Waals surface area contributed by atoms with Crippen molar-refractivity contribution in [2.24, 2.45) is 5.92 Å². The number of benzene rings is 1. The average Bonchev–Trinajstić information content (AvgIpc) is 2.92. The smallest absolute Gasteiger partial charge is 0.262 e. The fourth-order valence-corrected chi connectivity index (χ4v) is 5.09. The number of aromatic nitrogens is 2. The Morgan fingerprint density at radius 2 is 2.08 bits per heavy atom. The van der Waals surface area contributed by atoms with Crippen molar-refractivity contribution in [3.63, 3.8) is 0 Å². The Morgan fingerprint density at radius 3 is 2.88 bits per heavy atom. The summed E-state index contributed by atoms with van der Waals surface area (Å²) in [5.74, 6) is 1.54. The first-order valence-electron chi connectivity index (χ1n) is 8.69. The quantitative estimate of drug-likeness (QED) is 0.719. The summed E-state index contributed by atoms with van der Waals surface area (Å²) >= 11 is 1.73. The Hall–Kier alpha value is -1.94. The van der Waals surface area contributed by atoms with Crippen molar-refractivity contribution in [3.8, 4) is 0 Å². The molecule has 0 spiro atoms. The second-order valence-corrected chi connectivity index (χ2v) is 7.97. The minimum Gasteiger partial charge on any atom is -0.296 e. The monoisotopic (exact) mass is 338 g/mol. The summed E-state index contributed by atoms with van der Waals surface area (Å²) in [7, 11) is 0. The van der Waals surface area contributed by atoms with Crippen molar-refractivity contribution in [1.82, 2.24) is 9.55 Å². The Kier molecular flexibility index (Phi) is 4.01. The van der Waals surface area contributed by atoms with Gasteiger partial charge in [0.05, 0.1) is 5.39 Å². The van der Waals surface area contributed by atoms with Gasteiger partial charge >= 0.3 is 0 Å². The molecule has 0 bridgehead atoms. The maximum Gasteiger partial charge on any atom is 0.262 e. The zero-order valence-electron chi connectivity index (χ0n) is 14.2. The van der Waals surface area contributed by atoms with Crippen LogP contribution in [-0.4, -0.2) is 9.55 Å². The first-order valence-corrected chi connectivity index (χ1v) is 9.50. The molecule has 0 saturated carbocycles. The van der Waals surface area contributed by atoms with Gasteiger partial charge in [-0.2, -0.15) is 0 Å². The first kappa shape index (κ1) is 15.6. The van der Waals surface area contributed by atoms with Crippen LogP contribution < -0.4 is 5.56 Å².